The SMILES string of the molecule is CN(CC(F)(F)F)[C@H](CNC(=O)c1ccc(Cl)s1)C(=O)Nc1ccc(N2CCOCC2=O)c(OC(F)F)c1. The normalized spacial score (nSPS) is 15.1. The fourth-order valence-corrected chi connectivity index (χ4v) is 4.52. The molecule has 0 bridgehead atoms. The van der Waals surface area contributed by atoms with Gasteiger partial charge in [-0.3, -0.25) is 19.3 Å². The first-order valence-electron chi connectivity index (χ1n) is 10.9. The van der Waals surface area contributed by atoms with Gasteiger partial charge in [0.05, 0.1) is 28.1 Å². The van der Waals surface area contributed by atoms with Crippen molar-refractivity contribution in [1.29, 1.82) is 0 Å². The number of carbonyl (C=O) groups excluding carboxylic acids is 3. The number of alkyl halides is 5. The van der Waals surface area contributed by atoms with Gasteiger partial charge in [-0.1, -0.05) is 11.6 Å². The van der Waals surface area contributed by atoms with E-state index in [1.54, 1.807) is 0 Å². The van der Waals surface area contributed by atoms with Crippen molar-refractivity contribution in [3.8, 4) is 5.75 Å². The summed E-state index contributed by atoms with van der Waals surface area (Å²) >= 11 is 6.74. The van der Waals surface area contributed by atoms with Crippen LogP contribution in [0, 0.1) is 0 Å². The molecule has 2 N–H and O–H groups in total. The van der Waals surface area contributed by atoms with Crippen LogP contribution in [0.1, 0.15) is 9.67 Å². The number of hydrogen-bond acceptors (Lipinski definition) is 7. The lowest BCUT2D eigenvalue weighted by atomic mass is 10.2. The Kier molecular flexibility index (Phi) is 9.87. The standard InChI is InChI=1S/C22H22ClF5N4O5S/c1-31(11-22(26,27)28)14(9-29-20(35)16-4-5-17(23)38-16)19(34)30-12-2-3-13(15(8-12)37-21(24)25)32-6-7-36-10-18(32)33/h2-5,8,14,21H,6-7,9-11H2,1H3,(H,29,35)(H,30,34)/t14-/m1/s1. The number of carbonyl (C=O) groups is 3. The van der Waals surface area contributed by atoms with Crippen molar-refractivity contribution in [3.05, 3.63) is 39.5 Å². The molecule has 1 fully saturated rings. The fourth-order valence-electron chi connectivity index (χ4n) is 3.56. The lowest BCUT2D eigenvalue weighted by molar-refractivity contribution is -0.150. The molecule has 0 spiro atoms. The Balaban J connectivity index is 1.81. The van der Waals surface area contributed by atoms with E-state index in [4.69, 9.17) is 16.3 Å². The molecule has 2 aromatic rings. The van der Waals surface area contributed by atoms with Gasteiger partial charge in [-0.15, -0.1) is 11.3 Å². The zero-order chi connectivity index (χ0) is 28.0. The smallest absolute Gasteiger partial charge is 0.401 e. The molecule has 1 aliphatic rings. The number of rotatable bonds is 10. The number of anilines is 2. The molecule has 2 heterocycles. The number of amides is 3. The molecule has 1 aromatic heterocycles. The summed E-state index contributed by atoms with van der Waals surface area (Å²) in [5.74, 6) is -2.54. The Morgan fingerprint density at radius 2 is 2.00 bits per heavy atom. The number of benzene rings is 1. The molecule has 3 rings (SSSR count). The van der Waals surface area contributed by atoms with Crippen molar-refractivity contribution in [3.63, 3.8) is 0 Å². The molecule has 1 atom stereocenters. The van der Waals surface area contributed by atoms with Crippen molar-refractivity contribution >= 4 is 52.0 Å². The van der Waals surface area contributed by atoms with Crippen LogP contribution in [-0.2, 0) is 14.3 Å². The van der Waals surface area contributed by atoms with E-state index in [0.29, 0.717) is 9.24 Å². The molecule has 0 aliphatic carbocycles. The number of ether oxygens (including phenoxy) is 2. The maximum absolute atomic E-state index is 13.1. The summed E-state index contributed by atoms with van der Waals surface area (Å²) in [7, 11) is 1.05. The van der Waals surface area contributed by atoms with Gasteiger partial charge in [-0.25, -0.2) is 0 Å². The Labute approximate surface area is 222 Å². The van der Waals surface area contributed by atoms with Gasteiger partial charge >= 0.3 is 12.8 Å². The monoisotopic (exact) mass is 584 g/mol. The summed E-state index contributed by atoms with van der Waals surface area (Å²) < 4.78 is 75.2. The number of halogens is 6. The van der Waals surface area contributed by atoms with E-state index in [9.17, 15) is 36.3 Å². The van der Waals surface area contributed by atoms with Gasteiger partial charge in [0.15, 0.2) is 5.75 Å². The van der Waals surface area contributed by atoms with Crippen molar-refractivity contribution < 1.29 is 45.8 Å². The van der Waals surface area contributed by atoms with Crippen molar-refractivity contribution in [2.45, 2.75) is 18.8 Å². The van der Waals surface area contributed by atoms with Crippen LogP contribution in [0.3, 0.4) is 0 Å². The van der Waals surface area contributed by atoms with Crippen molar-refractivity contribution in [2.24, 2.45) is 0 Å². The van der Waals surface area contributed by atoms with E-state index in [0.717, 1.165) is 24.5 Å². The summed E-state index contributed by atoms with van der Waals surface area (Å²) in [6, 6.07) is 4.94. The molecule has 3 amide bonds. The summed E-state index contributed by atoms with van der Waals surface area (Å²) in [6.07, 6.45) is -4.65. The van der Waals surface area contributed by atoms with Crippen LogP contribution in [0.25, 0.3) is 0 Å². The van der Waals surface area contributed by atoms with Crippen LogP contribution in [0.5, 0.6) is 5.75 Å². The molecule has 0 saturated carbocycles. The second-order valence-corrected chi connectivity index (χ2v) is 9.72. The molecule has 16 heteroatoms. The first kappa shape index (κ1) is 29.5. The van der Waals surface area contributed by atoms with Crippen LogP contribution in [0.4, 0.5) is 33.3 Å². The number of nitrogens with one attached hydrogen (secondary N) is 2. The fraction of sp³-hybridized carbons (Fsp3) is 0.409. The third kappa shape index (κ3) is 8.24. The summed E-state index contributed by atoms with van der Waals surface area (Å²) in [5, 5.41) is 4.76. The maximum atomic E-state index is 13.1. The minimum atomic E-state index is -4.65. The molecule has 0 radical (unpaired) electrons. The highest BCUT2D eigenvalue weighted by Crippen LogP contribution is 2.34. The molecule has 9 nitrogen and oxygen atoms in total. The van der Waals surface area contributed by atoms with Crippen LogP contribution in [0.2, 0.25) is 4.34 Å². The van der Waals surface area contributed by atoms with Gasteiger partial charge in [0, 0.05) is 24.8 Å². The van der Waals surface area contributed by atoms with Gasteiger partial charge in [-0.2, -0.15) is 22.0 Å². The highest BCUT2D eigenvalue weighted by atomic mass is 35.5. The summed E-state index contributed by atoms with van der Waals surface area (Å²) in [4.78, 5) is 39.6. The highest BCUT2D eigenvalue weighted by Gasteiger charge is 2.35. The lowest BCUT2D eigenvalue weighted by Gasteiger charge is -2.29. The third-order valence-corrected chi connectivity index (χ3v) is 6.47. The molecule has 208 valence electrons. The van der Waals surface area contributed by atoms with Crippen LogP contribution in [0.15, 0.2) is 30.3 Å². The van der Waals surface area contributed by atoms with Crippen molar-refractivity contribution in [2.75, 3.05) is 50.1 Å². The maximum Gasteiger partial charge on any atom is 0.401 e. The van der Waals surface area contributed by atoms with Crippen LogP contribution >= 0.6 is 22.9 Å². The van der Waals surface area contributed by atoms with E-state index in [1.807, 2.05) is 0 Å². The summed E-state index contributed by atoms with van der Waals surface area (Å²) in [5.41, 5.74) is -0.0823. The first-order valence-corrected chi connectivity index (χ1v) is 12.1. The average molecular weight is 585 g/mol. The minimum Gasteiger partial charge on any atom is -0.433 e. The average Bonchev–Trinajstić information content (AvgIpc) is 3.25. The van der Waals surface area contributed by atoms with Gasteiger partial charge in [-0.05, 0) is 31.3 Å². The van der Waals surface area contributed by atoms with E-state index in [1.165, 1.54) is 29.2 Å². The summed E-state index contributed by atoms with van der Waals surface area (Å²) in [6.45, 7) is -5.26. The van der Waals surface area contributed by atoms with Crippen LogP contribution < -0.4 is 20.3 Å². The quantitative estimate of drug-likeness (QED) is 0.414. The number of likely N-dealkylation sites (N-methyl/N-ethyl adjacent to an activating group) is 1. The first-order chi connectivity index (χ1) is 17.8. The van der Waals surface area contributed by atoms with Gasteiger partial charge in [0.25, 0.3) is 11.8 Å². The Bertz CT molecular complexity index is 1170. The Hall–Kier alpha value is -3.01. The topological polar surface area (TPSA) is 100 Å². The predicted octanol–water partition coefficient (Wildman–Crippen LogP) is 3.60. The third-order valence-electron chi connectivity index (χ3n) is 5.24. The molecule has 1 saturated heterocycles. The van der Waals surface area contributed by atoms with E-state index in [-0.39, 0.29) is 36.0 Å². The number of morpholine rings is 1. The number of thiophene rings is 1. The van der Waals surface area contributed by atoms with Gasteiger partial charge in [0.1, 0.15) is 12.6 Å². The highest BCUT2D eigenvalue weighted by molar-refractivity contribution is 7.18. The molecule has 38 heavy (non-hydrogen) atoms. The Morgan fingerprint density at radius 1 is 1.26 bits per heavy atom. The molecule has 1 aliphatic heterocycles. The minimum absolute atomic E-state index is 0.00390. The van der Waals surface area contributed by atoms with Crippen LogP contribution in [-0.4, -0.2) is 81.3 Å². The van der Waals surface area contributed by atoms with E-state index >= 15 is 0 Å². The Morgan fingerprint density at radius 3 is 2.61 bits per heavy atom. The zero-order valence-corrected chi connectivity index (χ0v) is 21.3. The molecule has 0 unspecified atom stereocenters. The van der Waals surface area contributed by atoms with Gasteiger partial charge < -0.3 is 25.0 Å². The number of nitrogens with zero attached hydrogens (tertiary/aromatic N) is 2. The molecular formula is C22H22ClF5N4O5S. The van der Waals surface area contributed by atoms with Gasteiger partial charge in [0.2, 0.25) is 5.91 Å². The second-order valence-electron chi connectivity index (χ2n) is 8.01. The largest absolute Gasteiger partial charge is 0.433 e. The second kappa shape index (κ2) is 12.7. The zero-order valence-electron chi connectivity index (χ0n) is 19.7. The van der Waals surface area contributed by atoms with E-state index in [2.05, 4.69) is 15.4 Å². The van der Waals surface area contributed by atoms with Crippen molar-refractivity contribution in [1.82, 2.24) is 10.2 Å². The van der Waals surface area contributed by atoms with E-state index < -0.39 is 55.4 Å². The predicted molar refractivity (Wildman–Crippen MR) is 129 cm³/mol. The lowest BCUT2D eigenvalue weighted by Crippen LogP contribution is -2.51. The molecular weight excluding hydrogens is 563 g/mol. The number of hydrogen-bond donors (Lipinski definition) is 2. The molecule has 1 aromatic carbocycles.